The predicted octanol–water partition coefficient (Wildman–Crippen LogP) is 8.17. The van der Waals surface area contributed by atoms with Crippen molar-refractivity contribution in [1.82, 2.24) is 25.1 Å². The van der Waals surface area contributed by atoms with Gasteiger partial charge in [-0.1, -0.05) is 24.3 Å². The Morgan fingerprint density at radius 3 is 2.15 bits per heavy atom. The number of anilines is 3. The van der Waals surface area contributed by atoms with Gasteiger partial charge in [-0.05, 0) is 142 Å². The minimum atomic E-state index is -1.18. The van der Waals surface area contributed by atoms with Crippen molar-refractivity contribution in [3.05, 3.63) is 120 Å². The zero-order chi connectivity index (χ0) is 49.9. The van der Waals surface area contributed by atoms with Crippen molar-refractivity contribution >= 4 is 62.9 Å². The number of thiazole rings is 1. The molecule has 4 fully saturated rings. The number of halogens is 1. The van der Waals surface area contributed by atoms with E-state index in [1.54, 1.807) is 59.9 Å². The molecule has 4 N–H and O–H groups in total. The molecular formula is C55H59FN8O7S. The van der Waals surface area contributed by atoms with Gasteiger partial charge in [0.25, 0.3) is 0 Å². The summed E-state index contributed by atoms with van der Waals surface area (Å²) in [6.45, 7) is 6.84. The molecule has 3 aliphatic heterocycles. The van der Waals surface area contributed by atoms with Crippen LogP contribution in [0.25, 0.3) is 21.3 Å². The number of aryl methyl sites for hydroxylation is 1. The summed E-state index contributed by atoms with van der Waals surface area (Å²) in [5.74, 6) is 0.711. The van der Waals surface area contributed by atoms with E-state index in [0.717, 1.165) is 102 Å². The van der Waals surface area contributed by atoms with E-state index < -0.39 is 35.2 Å². The third kappa shape index (κ3) is 10.6. The molecule has 0 unspecified atom stereocenters. The monoisotopic (exact) mass is 994 g/mol. The van der Waals surface area contributed by atoms with Crippen LogP contribution in [-0.4, -0.2) is 107 Å². The zero-order valence-corrected chi connectivity index (χ0v) is 41.3. The quantitative estimate of drug-likeness (QED) is 0.0730. The molecule has 3 saturated heterocycles. The number of nitrogens with one attached hydrogen (secondary N) is 3. The van der Waals surface area contributed by atoms with Crippen LogP contribution < -0.4 is 30.3 Å². The number of likely N-dealkylation sites (tertiary alicyclic amines) is 2. The van der Waals surface area contributed by atoms with E-state index in [1.807, 2.05) is 42.8 Å². The molecule has 2 aromatic heterocycles. The molecule has 1 aliphatic carbocycles. The van der Waals surface area contributed by atoms with E-state index in [2.05, 4.69) is 36.8 Å². The highest BCUT2D eigenvalue weighted by atomic mass is 32.1. The number of carbonyl (C=O) groups is 4. The van der Waals surface area contributed by atoms with E-state index in [-0.39, 0.29) is 30.7 Å². The van der Waals surface area contributed by atoms with Crippen LogP contribution in [0.4, 0.5) is 21.5 Å². The second-order valence-electron chi connectivity index (χ2n) is 19.6. The first-order valence-electron chi connectivity index (χ1n) is 24.8. The van der Waals surface area contributed by atoms with Gasteiger partial charge in [-0.2, -0.15) is 0 Å². The Balaban J connectivity index is 0.685. The molecule has 10 rings (SSSR count). The van der Waals surface area contributed by atoms with Crippen LogP contribution in [0.5, 0.6) is 17.2 Å². The highest BCUT2D eigenvalue weighted by molar-refractivity contribution is 7.13. The number of ether oxygens (including phenoxy) is 2. The first kappa shape index (κ1) is 48.7. The van der Waals surface area contributed by atoms with E-state index in [1.165, 1.54) is 24.3 Å². The normalized spacial score (nSPS) is 19.2. The van der Waals surface area contributed by atoms with Gasteiger partial charge in [0.05, 0.1) is 40.5 Å². The average molecular weight is 995 g/mol. The number of amides is 4. The topological polar surface area (TPSA) is 179 Å². The number of aliphatic hydroxyl groups is 1. The molecule has 0 radical (unpaired) electrons. The van der Waals surface area contributed by atoms with Gasteiger partial charge in [0.2, 0.25) is 23.6 Å². The molecule has 72 heavy (non-hydrogen) atoms. The lowest BCUT2D eigenvalue weighted by atomic mass is 9.91. The SMILES string of the molecule is COc1cc2c(Oc3ccc(NC(=O)C4(C(=O)Nc5ccc(F)cc5)CC4)cc3)ccnc2cc1N1CCC(CN2CCC(C(=O)N3C[C@H](O)C[C@H]3C(=O)NCc3ccc(-c4scnc4C)cc3)CC2)CC1. The van der Waals surface area contributed by atoms with Crippen LogP contribution in [-0.2, 0) is 25.7 Å². The number of hydrogen-bond donors (Lipinski definition) is 4. The summed E-state index contributed by atoms with van der Waals surface area (Å²) in [7, 11) is 1.67. The molecule has 0 bridgehead atoms. The molecule has 4 aliphatic rings. The number of aliphatic hydroxyl groups excluding tert-OH is 1. The zero-order valence-electron chi connectivity index (χ0n) is 40.4. The Bertz CT molecular complexity index is 2930. The summed E-state index contributed by atoms with van der Waals surface area (Å²) in [6.07, 6.45) is 5.55. The van der Waals surface area contributed by atoms with E-state index >= 15 is 0 Å². The van der Waals surface area contributed by atoms with Gasteiger partial charge in [0.15, 0.2) is 0 Å². The number of rotatable bonds is 15. The van der Waals surface area contributed by atoms with Crippen molar-refractivity contribution < 1.29 is 38.1 Å². The summed E-state index contributed by atoms with van der Waals surface area (Å²) < 4.78 is 25.6. The Labute approximate surface area is 421 Å². The number of fused-ring (bicyclic) bond motifs is 1. The van der Waals surface area contributed by atoms with E-state index in [4.69, 9.17) is 14.5 Å². The summed E-state index contributed by atoms with van der Waals surface area (Å²) in [6, 6.07) is 25.6. The number of pyridine rings is 1. The first-order valence-corrected chi connectivity index (χ1v) is 25.7. The molecule has 1 saturated carbocycles. The van der Waals surface area contributed by atoms with Crippen LogP contribution in [0.2, 0.25) is 0 Å². The van der Waals surface area contributed by atoms with Gasteiger partial charge in [-0.15, -0.1) is 11.3 Å². The molecule has 5 heterocycles. The van der Waals surface area contributed by atoms with Gasteiger partial charge in [0.1, 0.15) is 34.5 Å². The van der Waals surface area contributed by atoms with Crippen molar-refractivity contribution in [2.24, 2.45) is 17.3 Å². The standard InChI is InChI=1S/C55H59FN8O7S/c1-34-50(72-33-59-34)37-5-3-35(4-6-37)30-58-51(66)47-27-42(65)32-64(47)52(67)38-18-23-62(24-19-38)31-36-16-25-63(26-17-36)46-29-45-44(28-49(46)70-2)48(15-22-57-45)71-43-13-11-41(12-14-43)61-54(69)55(20-21-55)53(68)60-40-9-7-39(56)8-10-40/h3-15,22,28-29,33,36,38,42,47,65H,16-21,23-27,30-32H2,1-2H3,(H,58,66)(H,60,68)(H,61,69)/t42-,47+/m1/s1. The molecule has 2 atom stereocenters. The second-order valence-corrected chi connectivity index (χ2v) is 20.4. The number of nitrogens with zero attached hydrogens (tertiary/aromatic N) is 5. The van der Waals surface area contributed by atoms with Crippen LogP contribution >= 0.6 is 11.3 Å². The molecule has 6 aromatic rings. The fourth-order valence-corrected chi connectivity index (χ4v) is 11.2. The maximum Gasteiger partial charge on any atom is 0.243 e. The molecule has 17 heteroatoms. The average Bonchev–Trinajstić information content (AvgIpc) is 3.97. The lowest BCUT2D eigenvalue weighted by Crippen LogP contribution is -2.50. The highest BCUT2D eigenvalue weighted by Crippen LogP contribution is 2.48. The van der Waals surface area contributed by atoms with Crippen molar-refractivity contribution in [3.8, 4) is 27.7 Å². The molecular weight excluding hydrogens is 936 g/mol. The van der Waals surface area contributed by atoms with E-state index in [9.17, 15) is 28.7 Å². The minimum absolute atomic E-state index is 0.0317. The molecule has 4 aromatic carbocycles. The fraction of sp³-hybridized carbons (Fsp3) is 0.382. The molecule has 4 amide bonds. The Morgan fingerprint density at radius 1 is 0.833 bits per heavy atom. The third-order valence-corrected chi connectivity index (χ3v) is 15.7. The van der Waals surface area contributed by atoms with Gasteiger partial charge in [-0.3, -0.25) is 24.2 Å². The van der Waals surface area contributed by atoms with Gasteiger partial charge < -0.3 is 45.2 Å². The molecule has 0 spiro atoms. The predicted molar refractivity (Wildman–Crippen MR) is 274 cm³/mol. The Hall–Kier alpha value is -6.95. The minimum Gasteiger partial charge on any atom is -0.495 e. The van der Waals surface area contributed by atoms with Crippen molar-refractivity contribution in [2.75, 3.05) is 61.9 Å². The Morgan fingerprint density at radius 2 is 1.51 bits per heavy atom. The number of carbonyl (C=O) groups excluding carboxylic acids is 4. The number of hydrogen-bond acceptors (Lipinski definition) is 12. The van der Waals surface area contributed by atoms with Crippen LogP contribution in [0.3, 0.4) is 0 Å². The lowest BCUT2D eigenvalue weighted by molar-refractivity contribution is -0.143. The summed E-state index contributed by atoms with van der Waals surface area (Å²) in [5.41, 5.74) is 6.39. The number of aromatic nitrogens is 2. The lowest BCUT2D eigenvalue weighted by Gasteiger charge is -2.39. The highest BCUT2D eigenvalue weighted by Gasteiger charge is 2.56. The second kappa shape index (κ2) is 21.0. The molecule has 374 valence electrons. The van der Waals surface area contributed by atoms with Crippen LogP contribution in [0.15, 0.2) is 103 Å². The first-order chi connectivity index (χ1) is 34.9. The number of β-amino-alcohol motifs (C(OH)–C–C–N with tert-alkyl or cyclic N) is 1. The smallest absolute Gasteiger partial charge is 0.243 e. The van der Waals surface area contributed by atoms with Crippen molar-refractivity contribution in [2.45, 2.75) is 70.6 Å². The number of methoxy groups -OCH3 is 1. The fourth-order valence-electron chi connectivity index (χ4n) is 10.4. The van der Waals surface area contributed by atoms with E-state index in [0.29, 0.717) is 48.2 Å². The summed E-state index contributed by atoms with van der Waals surface area (Å²) in [5, 5.41) is 20.0. The molecule has 15 nitrogen and oxygen atoms in total. The maximum absolute atomic E-state index is 13.9. The Kier molecular flexibility index (Phi) is 14.2. The van der Waals surface area contributed by atoms with Crippen LogP contribution in [0.1, 0.15) is 56.2 Å². The third-order valence-electron chi connectivity index (χ3n) is 14.8. The van der Waals surface area contributed by atoms with Crippen molar-refractivity contribution in [1.29, 1.82) is 0 Å². The maximum atomic E-state index is 13.9. The van der Waals surface area contributed by atoms with Crippen LogP contribution in [0, 0.1) is 30.0 Å². The van der Waals surface area contributed by atoms with Gasteiger partial charge >= 0.3 is 0 Å². The summed E-state index contributed by atoms with van der Waals surface area (Å²) >= 11 is 1.60. The van der Waals surface area contributed by atoms with Gasteiger partial charge in [0, 0.05) is 68.0 Å². The number of piperidine rings is 2. The van der Waals surface area contributed by atoms with Gasteiger partial charge in [-0.25, -0.2) is 9.37 Å². The number of benzene rings is 4. The van der Waals surface area contributed by atoms with Crippen molar-refractivity contribution in [3.63, 3.8) is 0 Å². The summed E-state index contributed by atoms with van der Waals surface area (Å²) in [4.78, 5) is 70.2. The largest absolute Gasteiger partial charge is 0.495 e.